The molecule has 0 amide bonds. The third-order valence-corrected chi connectivity index (χ3v) is 4.67. The lowest BCUT2D eigenvalue weighted by molar-refractivity contribution is 0.318. The summed E-state index contributed by atoms with van der Waals surface area (Å²) in [6.07, 6.45) is 2.70. The van der Waals surface area contributed by atoms with E-state index in [0.29, 0.717) is 40.7 Å². The van der Waals surface area contributed by atoms with Gasteiger partial charge < -0.3 is 9.84 Å². The van der Waals surface area contributed by atoms with Crippen LogP contribution in [-0.2, 0) is 6.54 Å². The highest BCUT2D eigenvalue weighted by Gasteiger charge is 2.21. The van der Waals surface area contributed by atoms with Crippen molar-refractivity contribution in [2.75, 3.05) is 6.61 Å². The summed E-state index contributed by atoms with van der Waals surface area (Å²) in [6.45, 7) is 2.94. The topological polar surface area (TPSA) is 64.4 Å². The normalized spacial score (nSPS) is 14.8. The minimum absolute atomic E-state index is 0.0502. The van der Waals surface area contributed by atoms with Crippen LogP contribution in [0.2, 0.25) is 5.02 Å². The SMILES string of the molecule is CCOc1cc(C=C2CCn3c2nc2cc(Cl)ccc2c3=O)ccc1O. The van der Waals surface area contributed by atoms with Crippen molar-refractivity contribution < 1.29 is 9.84 Å². The molecular formula is C20H17ClN2O3. The highest BCUT2D eigenvalue weighted by Crippen LogP contribution is 2.31. The van der Waals surface area contributed by atoms with E-state index in [1.54, 1.807) is 34.9 Å². The summed E-state index contributed by atoms with van der Waals surface area (Å²) in [7, 11) is 0. The number of hydrogen-bond donors (Lipinski definition) is 1. The molecule has 0 spiro atoms. The molecule has 0 radical (unpaired) electrons. The molecule has 1 aliphatic rings. The number of allylic oxidation sites excluding steroid dienone is 1. The zero-order chi connectivity index (χ0) is 18.3. The first kappa shape index (κ1) is 16.7. The number of hydrogen-bond acceptors (Lipinski definition) is 4. The number of phenolic OH excluding ortho intramolecular Hbond substituents is 1. The fourth-order valence-corrected chi connectivity index (χ4v) is 3.39. The molecule has 1 N–H and O–H groups in total. The van der Waals surface area contributed by atoms with Crippen LogP contribution in [0, 0.1) is 0 Å². The van der Waals surface area contributed by atoms with Gasteiger partial charge in [0.15, 0.2) is 11.5 Å². The highest BCUT2D eigenvalue weighted by atomic mass is 35.5. The Kier molecular flexibility index (Phi) is 4.17. The zero-order valence-corrected chi connectivity index (χ0v) is 15.0. The van der Waals surface area contributed by atoms with Crippen molar-refractivity contribution in [3.8, 4) is 11.5 Å². The van der Waals surface area contributed by atoms with E-state index >= 15 is 0 Å². The van der Waals surface area contributed by atoms with E-state index in [1.165, 1.54) is 0 Å². The molecule has 3 aromatic rings. The third-order valence-electron chi connectivity index (χ3n) is 4.43. The maximum Gasteiger partial charge on any atom is 0.261 e. The molecular weight excluding hydrogens is 352 g/mol. The van der Waals surface area contributed by atoms with Gasteiger partial charge in [-0.15, -0.1) is 0 Å². The van der Waals surface area contributed by atoms with E-state index in [2.05, 4.69) is 4.98 Å². The van der Waals surface area contributed by atoms with Crippen LogP contribution < -0.4 is 10.3 Å². The largest absolute Gasteiger partial charge is 0.504 e. The second-order valence-electron chi connectivity index (χ2n) is 6.13. The summed E-state index contributed by atoms with van der Waals surface area (Å²) >= 11 is 6.05. The Labute approximate surface area is 155 Å². The summed E-state index contributed by atoms with van der Waals surface area (Å²) in [6, 6.07) is 10.3. The summed E-state index contributed by atoms with van der Waals surface area (Å²) in [4.78, 5) is 17.4. The molecule has 1 aromatic heterocycles. The molecule has 2 aromatic carbocycles. The van der Waals surface area contributed by atoms with Gasteiger partial charge >= 0.3 is 0 Å². The van der Waals surface area contributed by atoms with Crippen molar-refractivity contribution in [3.05, 3.63) is 63.2 Å². The quantitative estimate of drug-likeness (QED) is 0.756. The van der Waals surface area contributed by atoms with Crippen molar-refractivity contribution in [3.63, 3.8) is 0 Å². The Bertz CT molecular complexity index is 1100. The van der Waals surface area contributed by atoms with Gasteiger partial charge in [-0.1, -0.05) is 17.7 Å². The van der Waals surface area contributed by atoms with Crippen molar-refractivity contribution in [1.29, 1.82) is 0 Å². The van der Waals surface area contributed by atoms with Gasteiger partial charge in [0.1, 0.15) is 5.82 Å². The first-order valence-electron chi connectivity index (χ1n) is 8.43. The smallest absolute Gasteiger partial charge is 0.261 e. The predicted octanol–water partition coefficient (Wildman–Crippen LogP) is 4.10. The Morgan fingerprint density at radius 2 is 2.15 bits per heavy atom. The van der Waals surface area contributed by atoms with Crippen LogP contribution in [0.1, 0.15) is 24.7 Å². The van der Waals surface area contributed by atoms with Gasteiger partial charge in [-0.2, -0.15) is 0 Å². The number of fused-ring (bicyclic) bond motifs is 2. The van der Waals surface area contributed by atoms with E-state index in [0.717, 1.165) is 17.6 Å². The summed E-state index contributed by atoms with van der Waals surface area (Å²) in [5.74, 6) is 1.21. The van der Waals surface area contributed by atoms with E-state index in [9.17, 15) is 9.90 Å². The van der Waals surface area contributed by atoms with Crippen LogP contribution in [0.3, 0.4) is 0 Å². The van der Waals surface area contributed by atoms with Crippen molar-refractivity contribution in [1.82, 2.24) is 9.55 Å². The van der Waals surface area contributed by atoms with E-state index < -0.39 is 0 Å². The predicted molar refractivity (Wildman–Crippen MR) is 103 cm³/mol. The number of aromatic hydroxyl groups is 1. The summed E-state index contributed by atoms with van der Waals surface area (Å²) in [5.41, 5.74) is 2.40. The molecule has 2 heterocycles. The molecule has 0 aliphatic carbocycles. The van der Waals surface area contributed by atoms with Gasteiger partial charge in [0.2, 0.25) is 0 Å². The van der Waals surface area contributed by atoms with E-state index in [-0.39, 0.29) is 11.3 Å². The summed E-state index contributed by atoms with van der Waals surface area (Å²) in [5, 5.41) is 11.0. The van der Waals surface area contributed by atoms with Gasteiger partial charge in [0, 0.05) is 11.6 Å². The van der Waals surface area contributed by atoms with Crippen LogP contribution in [0.15, 0.2) is 41.2 Å². The molecule has 4 rings (SSSR count). The van der Waals surface area contributed by atoms with Crippen molar-refractivity contribution in [2.45, 2.75) is 19.9 Å². The molecule has 0 atom stereocenters. The lowest BCUT2D eigenvalue weighted by Crippen LogP contribution is -2.20. The van der Waals surface area contributed by atoms with Crippen molar-refractivity contribution >= 4 is 34.2 Å². The number of aromatic nitrogens is 2. The molecule has 0 saturated heterocycles. The minimum atomic E-state index is -0.0502. The molecule has 5 nitrogen and oxygen atoms in total. The number of halogens is 1. The minimum Gasteiger partial charge on any atom is -0.504 e. The molecule has 1 aliphatic heterocycles. The maximum atomic E-state index is 12.7. The average molecular weight is 369 g/mol. The Morgan fingerprint density at radius 3 is 2.96 bits per heavy atom. The number of benzene rings is 2. The fourth-order valence-electron chi connectivity index (χ4n) is 3.22. The molecule has 0 unspecified atom stereocenters. The highest BCUT2D eigenvalue weighted by molar-refractivity contribution is 6.31. The summed E-state index contributed by atoms with van der Waals surface area (Å²) < 4.78 is 7.14. The van der Waals surface area contributed by atoms with Gasteiger partial charge in [-0.05, 0) is 60.9 Å². The van der Waals surface area contributed by atoms with E-state index in [1.807, 2.05) is 19.1 Å². The van der Waals surface area contributed by atoms with Gasteiger partial charge in [-0.25, -0.2) is 4.98 Å². The van der Waals surface area contributed by atoms with Crippen molar-refractivity contribution in [2.24, 2.45) is 0 Å². The van der Waals surface area contributed by atoms with E-state index in [4.69, 9.17) is 16.3 Å². The Morgan fingerprint density at radius 1 is 1.31 bits per heavy atom. The van der Waals surface area contributed by atoms with Crippen LogP contribution in [0.25, 0.3) is 22.6 Å². The van der Waals surface area contributed by atoms with Crippen LogP contribution in [-0.4, -0.2) is 21.3 Å². The molecule has 0 saturated carbocycles. The fraction of sp³-hybridized carbons (Fsp3) is 0.200. The Balaban J connectivity index is 1.83. The second-order valence-corrected chi connectivity index (χ2v) is 6.57. The standard InChI is InChI=1S/C20H17ClN2O3/c1-2-26-18-10-12(3-6-17(18)24)9-13-7-8-23-19(13)22-16-11-14(21)4-5-15(16)20(23)25/h3-6,9-11,24H,2,7-8H2,1H3. The van der Waals surface area contributed by atoms with Gasteiger partial charge in [0.05, 0.1) is 17.5 Å². The molecule has 0 bridgehead atoms. The van der Waals surface area contributed by atoms with Gasteiger partial charge in [-0.3, -0.25) is 9.36 Å². The number of ether oxygens (including phenoxy) is 1. The third kappa shape index (κ3) is 2.84. The monoisotopic (exact) mass is 368 g/mol. The molecule has 26 heavy (non-hydrogen) atoms. The zero-order valence-electron chi connectivity index (χ0n) is 14.2. The number of nitrogens with zero attached hydrogens (tertiary/aromatic N) is 2. The first-order valence-corrected chi connectivity index (χ1v) is 8.81. The lowest BCUT2D eigenvalue weighted by atomic mass is 10.1. The molecule has 6 heteroatoms. The lowest BCUT2D eigenvalue weighted by Gasteiger charge is -2.08. The molecule has 0 fully saturated rings. The van der Waals surface area contributed by atoms with Crippen LogP contribution in [0.4, 0.5) is 0 Å². The first-order chi connectivity index (χ1) is 12.6. The average Bonchev–Trinajstić information content (AvgIpc) is 3.01. The maximum absolute atomic E-state index is 12.7. The van der Waals surface area contributed by atoms with Crippen LogP contribution >= 0.6 is 11.6 Å². The van der Waals surface area contributed by atoms with Gasteiger partial charge in [0.25, 0.3) is 5.56 Å². The Hall–Kier alpha value is -2.79. The second kappa shape index (κ2) is 6.50. The number of phenols is 1. The number of rotatable bonds is 3. The van der Waals surface area contributed by atoms with Crippen LogP contribution in [0.5, 0.6) is 11.5 Å². The molecule has 132 valence electrons.